The van der Waals surface area contributed by atoms with Crippen molar-refractivity contribution in [3.05, 3.63) is 41.6 Å². The highest BCUT2D eigenvalue weighted by molar-refractivity contribution is 5.59. The molecule has 0 saturated carbocycles. The van der Waals surface area contributed by atoms with Crippen LogP contribution in [-0.4, -0.2) is 23.6 Å². The number of nitrogens with one attached hydrogen (secondary N) is 2. The standard InChI is InChI=1S/C14H18FN3/c1-10-8-11(5-6-12(10)15)13-9-17-14(18-13)4-3-7-16-2/h5-6,8-9,16H,3-4,7H2,1-2H3,(H,17,18). The van der Waals surface area contributed by atoms with Gasteiger partial charge in [0.15, 0.2) is 0 Å². The fourth-order valence-electron chi connectivity index (χ4n) is 1.88. The SMILES string of the molecule is CNCCCc1ncc(-c2ccc(F)c(C)c2)[nH]1. The van der Waals surface area contributed by atoms with E-state index in [-0.39, 0.29) is 5.82 Å². The number of hydrogen-bond donors (Lipinski definition) is 2. The Morgan fingerprint density at radius 1 is 1.39 bits per heavy atom. The monoisotopic (exact) mass is 247 g/mol. The van der Waals surface area contributed by atoms with E-state index >= 15 is 0 Å². The van der Waals surface area contributed by atoms with Crippen LogP contribution < -0.4 is 5.32 Å². The summed E-state index contributed by atoms with van der Waals surface area (Å²) in [4.78, 5) is 7.61. The third-order valence-electron chi connectivity index (χ3n) is 2.94. The second kappa shape index (κ2) is 5.78. The van der Waals surface area contributed by atoms with Crippen LogP contribution in [0.2, 0.25) is 0 Å². The second-order valence-electron chi connectivity index (χ2n) is 4.41. The van der Waals surface area contributed by atoms with Crippen LogP contribution in [0.4, 0.5) is 4.39 Å². The first kappa shape index (κ1) is 12.8. The van der Waals surface area contributed by atoms with Gasteiger partial charge >= 0.3 is 0 Å². The second-order valence-corrected chi connectivity index (χ2v) is 4.41. The van der Waals surface area contributed by atoms with Gasteiger partial charge in [-0.05, 0) is 50.7 Å². The minimum Gasteiger partial charge on any atom is -0.342 e. The molecule has 2 aromatic rings. The lowest BCUT2D eigenvalue weighted by atomic mass is 10.1. The maximum Gasteiger partial charge on any atom is 0.126 e. The van der Waals surface area contributed by atoms with Crippen molar-refractivity contribution in [1.82, 2.24) is 15.3 Å². The van der Waals surface area contributed by atoms with Crippen molar-refractivity contribution in [2.24, 2.45) is 0 Å². The quantitative estimate of drug-likeness (QED) is 0.797. The minimum atomic E-state index is -0.174. The van der Waals surface area contributed by atoms with E-state index < -0.39 is 0 Å². The highest BCUT2D eigenvalue weighted by Gasteiger charge is 2.05. The zero-order valence-corrected chi connectivity index (χ0v) is 10.8. The van der Waals surface area contributed by atoms with Gasteiger partial charge in [0, 0.05) is 12.0 Å². The first-order valence-electron chi connectivity index (χ1n) is 6.15. The Labute approximate surface area is 106 Å². The summed E-state index contributed by atoms with van der Waals surface area (Å²) in [5, 5.41) is 3.11. The first-order chi connectivity index (χ1) is 8.70. The maximum atomic E-state index is 13.2. The molecule has 4 heteroatoms. The number of aryl methyl sites for hydroxylation is 2. The number of halogens is 1. The number of imidazole rings is 1. The Kier molecular flexibility index (Phi) is 4.10. The molecule has 2 N–H and O–H groups in total. The Balaban J connectivity index is 2.11. The summed E-state index contributed by atoms with van der Waals surface area (Å²) in [6.07, 6.45) is 3.77. The highest BCUT2D eigenvalue weighted by atomic mass is 19.1. The fraction of sp³-hybridized carbons (Fsp3) is 0.357. The molecule has 0 aliphatic heterocycles. The summed E-state index contributed by atoms with van der Waals surface area (Å²) in [7, 11) is 1.94. The van der Waals surface area contributed by atoms with Crippen LogP contribution in [0.5, 0.6) is 0 Å². The molecule has 1 aromatic heterocycles. The molecular weight excluding hydrogens is 229 g/mol. The average Bonchev–Trinajstić information content (AvgIpc) is 2.82. The van der Waals surface area contributed by atoms with E-state index in [1.807, 2.05) is 13.1 Å². The molecule has 0 unspecified atom stereocenters. The summed E-state index contributed by atoms with van der Waals surface area (Å²) in [5.41, 5.74) is 2.57. The maximum absolute atomic E-state index is 13.2. The normalized spacial score (nSPS) is 10.8. The number of H-pyrrole nitrogens is 1. The van der Waals surface area contributed by atoms with E-state index in [1.54, 1.807) is 19.2 Å². The van der Waals surface area contributed by atoms with Crippen LogP contribution in [0.25, 0.3) is 11.3 Å². The molecule has 0 radical (unpaired) electrons. The van der Waals surface area contributed by atoms with E-state index in [9.17, 15) is 4.39 Å². The summed E-state index contributed by atoms with van der Waals surface area (Å²) < 4.78 is 13.2. The van der Waals surface area contributed by atoms with Gasteiger partial charge in [0.2, 0.25) is 0 Å². The molecule has 0 spiro atoms. The van der Waals surface area contributed by atoms with Crippen LogP contribution in [0.15, 0.2) is 24.4 Å². The van der Waals surface area contributed by atoms with E-state index in [0.29, 0.717) is 5.56 Å². The third-order valence-corrected chi connectivity index (χ3v) is 2.94. The Morgan fingerprint density at radius 3 is 2.94 bits per heavy atom. The van der Waals surface area contributed by atoms with E-state index in [2.05, 4.69) is 15.3 Å². The molecule has 0 bridgehead atoms. The van der Waals surface area contributed by atoms with E-state index in [0.717, 1.165) is 36.5 Å². The van der Waals surface area contributed by atoms with Gasteiger partial charge in [0.05, 0.1) is 11.9 Å². The lowest BCUT2D eigenvalue weighted by Gasteiger charge is -2.01. The van der Waals surface area contributed by atoms with Crippen molar-refractivity contribution in [2.45, 2.75) is 19.8 Å². The number of aromatic amines is 1. The number of nitrogens with zero attached hydrogens (tertiary/aromatic N) is 1. The van der Waals surface area contributed by atoms with Crippen molar-refractivity contribution in [1.29, 1.82) is 0 Å². The average molecular weight is 247 g/mol. The van der Waals surface area contributed by atoms with Gasteiger partial charge in [-0.3, -0.25) is 0 Å². The first-order valence-corrected chi connectivity index (χ1v) is 6.15. The van der Waals surface area contributed by atoms with Crippen molar-refractivity contribution < 1.29 is 4.39 Å². The largest absolute Gasteiger partial charge is 0.342 e. The smallest absolute Gasteiger partial charge is 0.126 e. The zero-order chi connectivity index (χ0) is 13.0. The van der Waals surface area contributed by atoms with Crippen LogP contribution in [0.1, 0.15) is 17.8 Å². The van der Waals surface area contributed by atoms with Crippen LogP contribution >= 0.6 is 0 Å². The van der Waals surface area contributed by atoms with Crippen molar-refractivity contribution in [3.8, 4) is 11.3 Å². The van der Waals surface area contributed by atoms with Crippen LogP contribution in [0, 0.1) is 12.7 Å². The van der Waals surface area contributed by atoms with Gasteiger partial charge in [-0.25, -0.2) is 9.37 Å². The predicted octanol–water partition coefficient (Wildman–Crippen LogP) is 2.68. The van der Waals surface area contributed by atoms with Crippen LogP contribution in [-0.2, 0) is 6.42 Å². The molecule has 0 saturated heterocycles. The summed E-state index contributed by atoms with van der Waals surface area (Å²) in [6, 6.07) is 5.10. The molecule has 3 nitrogen and oxygen atoms in total. The minimum absolute atomic E-state index is 0.174. The number of hydrogen-bond acceptors (Lipinski definition) is 2. The molecule has 0 fully saturated rings. The van der Waals surface area contributed by atoms with E-state index in [1.165, 1.54) is 6.07 Å². The molecule has 0 amide bonds. The van der Waals surface area contributed by atoms with Crippen molar-refractivity contribution in [2.75, 3.05) is 13.6 Å². The van der Waals surface area contributed by atoms with Crippen molar-refractivity contribution in [3.63, 3.8) is 0 Å². The van der Waals surface area contributed by atoms with Gasteiger partial charge < -0.3 is 10.3 Å². The summed E-state index contributed by atoms with van der Waals surface area (Å²) in [6.45, 7) is 2.74. The molecular formula is C14H18FN3. The lowest BCUT2D eigenvalue weighted by molar-refractivity contribution is 0.619. The molecule has 0 aliphatic carbocycles. The predicted molar refractivity (Wildman–Crippen MR) is 71.0 cm³/mol. The molecule has 96 valence electrons. The number of benzene rings is 1. The number of rotatable bonds is 5. The highest BCUT2D eigenvalue weighted by Crippen LogP contribution is 2.20. The Hall–Kier alpha value is -1.68. The molecule has 0 atom stereocenters. The molecule has 0 aliphatic rings. The van der Waals surface area contributed by atoms with Crippen molar-refractivity contribution >= 4 is 0 Å². The molecule has 1 heterocycles. The van der Waals surface area contributed by atoms with Gasteiger partial charge in [0.1, 0.15) is 11.6 Å². The topological polar surface area (TPSA) is 40.7 Å². The fourth-order valence-corrected chi connectivity index (χ4v) is 1.88. The van der Waals surface area contributed by atoms with E-state index in [4.69, 9.17) is 0 Å². The van der Waals surface area contributed by atoms with Gasteiger partial charge in [0.25, 0.3) is 0 Å². The van der Waals surface area contributed by atoms with Gasteiger partial charge in [-0.2, -0.15) is 0 Å². The summed E-state index contributed by atoms with van der Waals surface area (Å²) in [5.74, 6) is 0.801. The van der Waals surface area contributed by atoms with Gasteiger partial charge in [-0.15, -0.1) is 0 Å². The van der Waals surface area contributed by atoms with Crippen LogP contribution in [0.3, 0.4) is 0 Å². The summed E-state index contributed by atoms with van der Waals surface area (Å²) >= 11 is 0. The Bertz CT molecular complexity index is 520. The third kappa shape index (κ3) is 2.96. The molecule has 18 heavy (non-hydrogen) atoms. The zero-order valence-electron chi connectivity index (χ0n) is 10.8. The molecule has 2 rings (SSSR count). The number of aromatic nitrogens is 2. The van der Waals surface area contributed by atoms with Gasteiger partial charge in [-0.1, -0.05) is 0 Å². The Morgan fingerprint density at radius 2 is 2.22 bits per heavy atom. The molecule has 1 aromatic carbocycles. The lowest BCUT2D eigenvalue weighted by Crippen LogP contribution is -2.08.